The molecule has 8 aromatic rings. The minimum absolute atomic E-state index is 0.238. The molecule has 2 aromatic carbocycles. The average Bonchev–Trinajstić information content (AvgIpc) is 3.43. The molecule has 9 rings (SSSR count). The quantitative estimate of drug-likeness (QED) is 0.177. The number of rotatable bonds is 6. The van der Waals surface area contributed by atoms with Gasteiger partial charge in [-0.3, -0.25) is 19.9 Å². The van der Waals surface area contributed by atoms with E-state index in [-0.39, 0.29) is 5.41 Å². The van der Waals surface area contributed by atoms with Crippen LogP contribution in [0.2, 0.25) is 0 Å². The Morgan fingerprint density at radius 1 is 0.333 bits per heavy atom. The molecule has 0 amide bonds. The van der Waals surface area contributed by atoms with Crippen molar-refractivity contribution in [3.63, 3.8) is 0 Å². The third-order valence-electron chi connectivity index (χ3n) is 9.70. The van der Waals surface area contributed by atoms with Crippen molar-refractivity contribution in [3.8, 4) is 78.9 Å². The molecular formula is C45H32N6. The second-order valence-electron chi connectivity index (χ2n) is 13.3. The van der Waals surface area contributed by atoms with E-state index in [1.165, 1.54) is 22.3 Å². The Bertz CT molecular complexity index is 2240. The summed E-state index contributed by atoms with van der Waals surface area (Å²) in [4.78, 5) is 28.4. The fourth-order valence-corrected chi connectivity index (χ4v) is 7.07. The van der Waals surface area contributed by atoms with Crippen molar-refractivity contribution in [2.75, 3.05) is 0 Å². The Kier molecular flexibility index (Phi) is 7.36. The lowest BCUT2D eigenvalue weighted by molar-refractivity contribution is 0.661. The highest BCUT2D eigenvalue weighted by atomic mass is 14.8. The van der Waals surface area contributed by atoms with Crippen LogP contribution in [-0.2, 0) is 5.41 Å². The molecule has 0 atom stereocenters. The van der Waals surface area contributed by atoms with Gasteiger partial charge in [-0.25, -0.2) is 9.97 Å². The monoisotopic (exact) mass is 656 g/mol. The highest BCUT2D eigenvalue weighted by molar-refractivity contribution is 5.87. The number of hydrogen-bond donors (Lipinski definition) is 0. The van der Waals surface area contributed by atoms with Crippen molar-refractivity contribution in [3.05, 3.63) is 169 Å². The van der Waals surface area contributed by atoms with Gasteiger partial charge in [0, 0.05) is 30.2 Å². The van der Waals surface area contributed by atoms with Crippen LogP contribution in [0.4, 0.5) is 0 Å². The summed E-state index contributed by atoms with van der Waals surface area (Å²) in [6, 6.07) is 45.8. The smallest absolute Gasteiger partial charge is 0.0900 e. The molecule has 51 heavy (non-hydrogen) atoms. The summed E-state index contributed by atoms with van der Waals surface area (Å²) in [6.45, 7) is 4.64. The van der Waals surface area contributed by atoms with Gasteiger partial charge in [0.2, 0.25) is 0 Å². The van der Waals surface area contributed by atoms with E-state index < -0.39 is 0 Å². The van der Waals surface area contributed by atoms with Gasteiger partial charge in [0.15, 0.2) is 0 Å². The zero-order chi connectivity index (χ0) is 34.4. The van der Waals surface area contributed by atoms with Gasteiger partial charge in [-0.15, -0.1) is 0 Å². The summed E-state index contributed by atoms with van der Waals surface area (Å²) in [5.41, 5.74) is 15.8. The summed E-state index contributed by atoms with van der Waals surface area (Å²) in [7, 11) is 0. The van der Waals surface area contributed by atoms with Gasteiger partial charge < -0.3 is 0 Å². The number of fused-ring (bicyclic) bond motifs is 3. The second-order valence-corrected chi connectivity index (χ2v) is 13.3. The largest absolute Gasteiger partial charge is 0.255 e. The van der Waals surface area contributed by atoms with Crippen molar-refractivity contribution in [2.45, 2.75) is 19.3 Å². The lowest BCUT2D eigenvalue weighted by Crippen LogP contribution is -2.15. The maximum atomic E-state index is 4.99. The van der Waals surface area contributed by atoms with Crippen molar-refractivity contribution in [1.29, 1.82) is 0 Å². The Labute approximate surface area is 296 Å². The van der Waals surface area contributed by atoms with Crippen molar-refractivity contribution in [1.82, 2.24) is 29.9 Å². The van der Waals surface area contributed by atoms with Gasteiger partial charge in [0.1, 0.15) is 0 Å². The Morgan fingerprint density at radius 2 is 0.667 bits per heavy atom. The maximum Gasteiger partial charge on any atom is 0.0900 e. The second kappa shape index (κ2) is 12.3. The highest BCUT2D eigenvalue weighted by Gasteiger charge is 2.36. The number of pyridine rings is 6. The first-order valence-corrected chi connectivity index (χ1v) is 17.0. The van der Waals surface area contributed by atoms with E-state index in [1.807, 2.05) is 72.8 Å². The molecule has 6 aromatic heterocycles. The fraction of sp³-hybridized carbons (Fsp3) is 0.0667. The molecule has 0 saturated heterocycles. The molecule has 242 valence electrons. The number of aromatic nitrogens is 6. The van der Waals surface area contributed by atoms with E-state index in [4.69, 9.17) is 9.97 Å². The SMILES string of the molecule is CC1(C)c2cc(-c3cc(-c4ccccn4)nc(-c4ccccn4)c3)ccc2-c2ccc(-c3cc(-c4ccccn4)nc(-c4ccccn4)c3)cc21. The molecule has 0 saturated carbocycles. The van der Waals surface area contributed by atoms with Crippen LogP contribution in [-0.4, -0.2) is 29.9 Å². The first kappa shape index (κ1) is 30.4. The van der Waals surface area contributed by atoms with E-state index in [2.05, 4.69) is 94.4 Å². The van der Waals surface area contributed by atoms with Gasteiger partial charge in [0.05, 0.1) is 45.6 Å². The van der Waals surface area contributed by atoms with E-state index in [0.717, 1.165) is 67.8 Å². The van der Waals surface area contributed by atoms with Gasteiger partial charge in [0.25, 0.3) is 0 Å². The number of nitrogens with zero attached hydrogens (tertiary/aromatic N) is 6. The third kappa shape index (κ3) is 5.57. The zero-order valence-electron chi connectivity index (χ0n) is 28.2. The minimum atomic E-state index is -0.238. The van der Waals surface area contributed by atoms with Crippen LogP contribution in [0, 0.1) is 0 Å². The van der Waals surface area contributed by atoms with Crippen LogP contribution in [0.3, 0.4) is 0 Å². The molecule has 0 aliphatic heterocycles. The summed E-state index contributed by atoms with van der Waals surface area (Å²) >= 11 is 0. The normalized spacial score (nSPS) is 12.7. The predicted octanol–water partition coefficient (Wildman–Crippen LogP) is 10.4. The molecule has 0 bridgehead atoms. The highest BCUT2D eigenvalue weighted by Crippen LogP contribution is 2.51. The molecular weight excluding hydrogens is 625 g/mol. The molecule has 0 fully saturated rings. The van der Waals surface area contributed by atoms with Gasteiger partial charge in [-0.2, -0.15) is 0 Å². The van der Waals surface area contributed by atoms with Crippen LogP contribution >= 0.6 is 0 Å². The molecule has 6 heteroatoms. The van der Waals surface area contributed by atoms with Crippen molar-refractivity contribution >= 4 is 0 Å². The lowest BCUT2D eigenvalue weighted by Gasteiger charge is -2.23. The lowest BCUT2D eigenvalue weighted by atomic mass is 9.80. The van der Waals surface area contributed by atoms with E-state index in [0.29, 0.717) is 0 Å². The van der Waals surface area contributed by atoms with Crippen LogP contribution < -0.4 is 0 Å². The molecule has 6 nitrogen and oxygen atoms in total. The average molecular weight is 657 g/mol. The molecule has 6 heterocycles. The van der Waals surface area contributed by atoms with Gasteiger partial charge in [-0.05, 0) is 129 Å². The molecule has 0 N–H and O–H groups in total. The molecule has 1 aliphatic carbocycles. The predicted molar refractivity (Wildman–Crippen MR) is 203 cm³/mol. The van der Waals surface area contributed by atoms with Crippen molar-refractivity contribution in [2.24, 2.45) is 0 Å². The summed E-state index contributed by atoms with van der Waals surface area (Å²) in [5.74, 6) is 0. The van der Waals surface area contributed by atoms with Gasteiger partial charge in [-0.1, -0.05) is 62.4 Å². The number of benzene rings is 2. The molecule has 0 radical (unpaired) electrons. The summed E-state index contributed by atoms with van der Waals surface area (Å²) < 4.78 is 0. The van der Waals surface area contributed by atoms with E-state index in [1.54, 1.807) is 24.8 Å². The molecule has 1 aliphatic rings. The standard InChI is InChI=1S/C45H32N6/c1-45(2)35-23-29(31-25-41(37-11-3-7-19-46-37)50-42(26-31)38-12-4-8-20-47-38)15-17-33(35)34-18-16-30(24-36(34)45)32-27-43(39-13-5-9-21-48-39)51-44(28-32)40-14-6-10-22-49-40/h3-28H,1-2H3. The van der Waals surface area contributed by atoms with Crippen LogP contribution in [0.25, 0.3) is 78.9 Å². The van der Waals surface area contributed by atoms with Crippen molar-refractivity contribution < 1.29 is 0 Å². The fourth-order valence-electron chi connectivity index (χ4n) is 7.07. The molecule has 0 spiro atoms. The topological polar surface area (TPSA) is 77.3 Å². The van der Waals surface area contributed by atoms with E-state index >= 15 is 0 Å². The number of hydrogen-bond acceptors (Lipinski definition) is 6. The minimum Gasteiger partial charge on any atom is -0.255 e. The zero-order valence-corrected chi connectivity index (χ0v) is 28.2. The first-order valence-electron chi connectivity index (χ1n) is 17.0. The van der Waals surface area contributed by atoms with Gasteiger partial charge >= 0.3 is 0 Å². The third-order valence-corrected chi connectivity index (χ3v) is 9.70. The summed E-state index contributed by atoms with van der Waals surface area (Å²) in [6.07, 6.45) is 7.22. The Balaban J connectivity index is 1.14. The summed E-state index contributed by atoms with van der Waals surface area (Å²) in [5, 5.41) is 0. The Hall–Kier alpha value is -6.66. The molecule has 0 unspecified atom stereocenters. The van der Waals surface area contributed by atoms with E-state index in [9.17, 15) is 0 Å². The Morgan fingerprint density at radius 3 is 0.961 bits per heavy atom. The first-order chi connectivity index (χ1) is 25.0. The van der Waals surface area contributed by atoms with Crippen LogP contribution in [0.1, 0.15) is 25.0 Å². The maximum absolute atomic E-state index is 4.99. The van der Waals surface area contributed by atoms with Crippen LogP contribution in [0.15, 0.2) is 158 Å². The van der Waals surface area contributed by atoms with Crippen LogP contribution in [0.5, 0.6) is 0 Å².